The van der Waals surface area contributed by atoms with Crippen LogP contribution in [0, 0.1) is 10.1 Å². The van der Waals surface area contributed by atoms with Gasteiger partial charge in [0.05, 0.1) is 0 Å². The standard InChI is InChI=1S/C6H7N3O3/c10-9(11)5-3-7-6(8-5)12-4-1-2-4/h3-4H,1-2H2,(H,7,8). The van der Waals surface area contributed by atoms with Gasteiger partial charge < -0.3 is 14.9 Å². The predicted octanol–water partition coefficient (Wildman–Crippen LogP) is 0.859. The highest BCUT2D eigenvalue weighted by Gasteiger charge is 2.26. The number of ether oxygens (including phenoxy) is 1. The van der Waals surface area contributed by atoms with Gasteiger partial charge in [0.1, 0.15) is 12.3 Å². The number of imidazole rings is 1. The average Bonchev–Trinajstić information content (AvgIpc) is 2.66. The van der Waals surface area contributed by atoms with Crippen molar-refractivity contribution in [2.24, 2.45) is 0 Å². The van der Waals surface area contributed by atoms with Crippen LogP contribution in [0.5, 0.6) is 6.01 Å². The molecule has 0 radical (unpaired) electrons. The molecular formula is C6H7N3O3. The van der Waals surface area contributed by atoms with Gasteiger partial charge in [-0.25, -0.2) is 0 Å². The van der Waals surface area contributed by atoms with Crippen molar-refractivity contribution >= 4 is 5.82 Å². The van der Waals surface area contributed by atoms with E-state index in [1.54, 1.807) is 0 Å². The van der Waals surface area contributed by atoms with Crippen molar-refractivity contribution in [3.63, 3.8) is 0 Å². The number of nitrogens with zero attached hydrogens (tertiary/aromatic N) is 2. The molecule has 0 bridgehead atoms. The van der Waals surface area contributed by atoms with Crippen molar-refractivity contribution in [3.05, 3.63) is 16.3 Å². The van der Waals surface area contributed by atoms with E-state index in [1.807, 2.05) is 0 Å². The molecule has 1 aliphatic rings. The molecule has 6 heteroatoms. The molecule has 6 nitrogen and oxygen atoms in total. The minimum Gasteiger partial charge on any atom is -0.444 e. The van der Waals surface area contributed by atoms with E-state index in [0.717, 1.165) is 19.0 Å². The van der Waals surface area contributed by atoms with Gasteiger partial charge in [-0.15, -0.1) is 0 Å². The summed E-state index contributed by atoms with van der Waals surface area (Å²) >= 11 is 0. The minimum atomic E-state index is -0.535. The maximum atomic E-state index is 10.2. The molecule has 1 aromatic heterocycles. The molecule has 0 unspecified atom stereocenters. The third-order valence-electron chi connectivity index (χ3n) is 1.54. The summed E-state index contributed by atoms with van der Waals surface area (Å²) in [7, 11) is 0. The smallest absolute Gasteiger partial charge is 0.388 e. The van der Waals surface area contributed by atoms with E-state index in [4.69, 9.17) is 4.74 Å². The lowest BCUT2D eigenvalue weighted by molar-refractivity contribution is -0.389. The van der Waals surface area contributed by atoms with Crippen LogP contribution >= 0.6 is 0 Å². The maximum Gasteiger partial charge on any atom is 0.388 e. The summed E-state index contributed by atoms with van der Waals surface area (Å²) in [4.78, 5) is 15.8. The zero-order valence-corrected chi connectivity index (χ0v) is 6.19. The molecule has 1 heterocycles. The Balaban J connectivity index is 2.06. The number of rotatable bonds is 3. The van der Waals surface area contributed by atoms with Crippen LogP contribution in [0.4, 0.5) is 5.82 Å². The average molecular weight is 169 g/mol. The molecule has 12 heavy (non-hydrogen) atoms. The fraction of sp³-hybridized carbons (Fsp3) is 0.500. The summed E-state index contributed by atoms with van der Waals surface area (Å²) in [5.74, 6) is -0.134. The van der Waals surface area contributed by atoms with Crippen molar-refractivity contribution in [1.82, 2.24) is 9.97 Å². The third kappa shape index (κ3) is 1.36. The quantitative estimate of drug-likeness (QED) is 0.537. The first-order chi connectivity index (χ1) is 5.75. The SMILES string of the molecule is O=[N+]([O-])c1cnc(OC2CC2)[nH]1. The van der Waals surface area contributed by atoms with Gasteiger partial charge in [0, 0.05) is 0 Å². The molecule has 0 spiro atoms. The Morgan fingerprint density at radius 2 is 2.50 bits per heavy atom. The van der Waals surface area contributed by atoms with Crippen LogP contribution in [0.3, 0.4) is 0 Å². The number of hydrogen-bond acceptors (Lipinski definition) is 4. The second-order valence-corrected chi connectivity index (χ2v) is 2.65. The molecule has 0 amide bonds. The van der Waals surface area contributed by atoms with Gasteiger partial charge >= 0.3 is 11.8 Å². The lowest BCUT2D eigenvalue weighted by Gasteiger charge is -1.92. The number of H-pyrrole nitrogens is 1. The highest BCUT2D eigenvalue weighted by atomic mass is 16.6. The van der Waals surface area contributed by atoms with Crippen LogP contribution in [0.15, 0.2) is 6.20 Å². The molecule has 0 saturated heterocycles. The van der Waals surface area contributed by atoms with E-state index in [1.165, 1.54) is 0 Å². The Hall–Kier alpha value is -1.59. The van der Waals surface area contributed by atoms with Gasteiger partial charge in [0.25, 0.3) is 0 Å². The Morgan fingerprint density at radius 1 is 1.75 bits per heavy atom. The van der Waals surface area contributed by atoms with Crippen molar-refractivity contribution < 1.29 is 9.66 Å². The molecule has 0 atom stereocenters. The van der Waals surface area contributed by atoms with Crippen molar-refractivity contribution in [1.29, 1.82) is 0 Å². The van der Waals surface area contributed by atoms with E-state index in [2.05, 4.69) is 9.97 Å². The Bertz CT molecular complexity index is 305. The number of aromatic nitrogens is 2. The molecule has 1 fully saturated rings. The number of aromatic amines is 1. The minimum absolute atomic E-state index is 0.134. The molecule has 0 aliphatic heterocycles. The topological polar surface area (TPSA) is 81.1 Å². The van der Waals surface area contributed by atoms with Crippen LogP contribution < -0.4 is 4.74 Å². The fourth-order valence-corrected chi connectivity index (χ4v) is 0.790. The number of hydrogen-bond donors (Lipinski definition) is 1. The van der Waals surface area contributed by atoms with Crippen molar-refractivity contribution in [2.45, 2.75) is 18.9 Å². The van der Waals surface area contributed by atoms with Crippen LogP contribution in [0.1, 0.15) is 12.8 Å². The van der Waals surface area contributed by atoms with Crippen LogP contribution in [0.2, 0.25) is 0 Å². The van der Waals surface area contributed by atoms with Crippen molar-refractivity contribution in [2.75, 3.05) is 0 Å². The Labute approximate surface area is 67.7 Å². The number of nitrogens with one attached hydrogen (secondary N) is 1. The summed E-state index contributed by atoms with van der Waals surface area (Å²) in [5, 5.41) is 10.2. The zero-order valence-electron chi connectivity index (χ0n) is 6.19. The van der Waals surface area contributed by atoms with Crippen molar-refractivity contribution in [3.8, 4) is 6.01 Å². The summed E-state index contributed by atoms with van der Waals surface area (Å²) in [5.41, 5.74) is 0. The van der Waals surface area contributed by atoms with Gasteiger partial charge in [-0.05, 0) is 17.8 Å². The van der Waals surface area contributed by atoms with Gasteiger partial charge in [0.2, 0.25) is 0 Å². The summed E-state index contributed by atoms with van der Waals surface area (Å²) < 4.78 is 5.18. The lowest BCUT2D eigenvalue weighted by atomic mass is 10.8. The second kappa shape index (κ2) is 2.47. The number of nitro groups is 1. The molecule has 1 aromatic rings. The van der Waals surface area contributed by atoms with Gasteiger partial charge in [0.15, 0.2) is 0 Å². The molecule has 2 rings (SSSR count). The largest absolute Gasteiger partial charge is 0.444 e. The first-order valence-corrected chi connectivity index (χ1v) is 3.62. The van der Waals surface area contributed by atoms with Gasteiger partial charge in [-0.2, -0.15) is 9.97 Å². The van der Waals surface area contributed by atoms with E-state index in [-0.39, 0.29) is 17.9 Å². The van der Waals surface area contributed by atoms with Crippen LogP contribution in [0.25, 0.3) is 0 Å². The molecule has 64 valence electrons. The normalized spacial score (nSPS) is 16.0. The van der Waals surface area contributed by atoms with E-state index < -0.39 is 4.92 Å². The Morgan fingerprint density at radius 3 is 3.00 bits per heavy atom. The summed E-state index contributed by atoms with van der Waals surface area (Å²) in [6, 6.07) is 0.240. The fourth-order valence-electron chi connectivity index (χ4n) is 0.790. The van der Waals surface area contributed by atoms with Crippen LogP contribution in [-0.2, 0) is 0 Å². The summed E-state index contributed by atoms with van der Waals surface area (Å²) in [6.07, 6.45) is 3.37. The van der Waals surface area contributed by atoms with Crippen LogP contribution in [-0.4, -0.2) is 21.0 Å². The highest BCUT2D eigenvalue weighted by molar-refractivity contribution is 5.18. The molecule has 1 N–H and O–H groups in total. The zero-order chi connectivity index (χ0) is 8.55. The predicted molar refractivity (Wildman–Crippen MR) is 38.9 cm³/mol. The summed E-state index contributed by atoms with van der Waals surface area (Å²) in [6.45, 7) is 0. The second-order valence-electron chi connectivity index (χ2n) is 2.65. The molecule has 1 aliphatic carbocycles. The molecular weight excluding hydrogens is 162 g/mol. The van der Waals surface area contributed by atoms with Gasteiger partial charge in [-0.3, -0.25) is 0 Å². The first kappa shape index (κ1) is 7.08. The van der Waals surface area contributed by atoms with E-state index >= 15 is 0 Å². The van der Waals surface area contributed by atoms with Gasteiger partial charge in [-0.1, -0.05) is 0 Å². The van der Waals surface area contributed by atoms with E-state index in [0.29, 0.717) is 0 Å². The monoisotopic (exact) mass is 169 g/mol. The molecule has 0 aromatic carbocycles. The third-order valence-corrected chi connectivity index (χ3v) is 1.54. The highest BCUT2D eigenvalue weighted by Crippen LogP contribution is 2.25. The lowest BCUT2D eigenvalue weighted by Crippen LogP contribution is -1.97. The Kier molecular flexibility index (Phi) is 1.46. The maximum absolute atomic E-state index is 10.2. The first-order valence-electron chi connectivity index (χ1n) is 3.62. The molecule has 1 saturated carbocycles. The van der Waals surface area contributed by atoms with E-state index in [9.17, 15) is 10.1 Å².